The molecular weight excluding hydrogens is 392 g/mol. The van der Waals surface area contributed by atoms with E-state index in [4.69, 9.17) is 14.2 Å². The van der Waals surface area contributed by atoms with Gasteiger partial charge in [0, 0.05) is 29.1 Å². The number of anilines is 1. The first-order valence-electron chi connectivity index (χ1n) is 10.2. The second-order valence-electron chi connectivity index (χ2n) is 7.76. The van der Waals surface area contributed by atoms with Gasteiger partial charge < -0.3 is 19.5 Å². The Morgan fingerprint density at radius 1 is 1.06 bits per heavy atom. The maximum Gasteiger partial charge on any atom is 0.228 e. The smallest absolute Gasteiger partial charge is 0.228 e. The molecule has 3 aromatic rings. The van der Waals surface area contributed by atoms with Crippen LogP contribution in [0.2, 0.25) is 0 Å². The van der Waals surface area contributed by atoms with Crippen molar-refractivity contribution < 1.29 is 19.0 Å². The Hall–Kier alpha value is -3.54. The lowest BCUT2D eigenvalue weighted by Gasteiger charge is -2.20. The monoisotopic (exact) mass is 418 g/mol. The minimum atomic E-state index is -0.374. The Balaban J connectivity index is 1.53. The van der Waals surface area contributed by atoms with Crippen molar-refractivity contribution in [3.63, 3.8) is 0 Å². The molecule has 1 amide bonds. The molecule has 2 aromatic carbocycles. The second kappa shape index (κ2) is 8.68. The predicted octanol–water partition coefficient (Wildman–Crippen LogP) is 4.38. The zero-order valence-corrected chi connectivity index (χ0v) is 17.9. The number of carbonyl (C=O) groups excluding carboxylic acids is 1. The van der Waals surface area contributed by atoms with Gasteiger partial charge in [0.15, 0.2) is 11.5 Å². The molecule has 160 valence electrons. The standard InChI is InChI=1S/C25H26N2O4/c1-17-13-19(11-12-26-17)27-24(28)21-15-25(21,18-7-5-4-6-8-18)16-31-20-9-10-22(29-2)23(14-20)30-3/h4-14,21H,15-16H2,1-3H3,(H,26,27,28). The lowest BCUT2D eigenvalue weighted by atomic mass is 9.93. The Bertz CT molecular complexity index is 1070. The molecule has 1 heterocycles. The van der Waals surface area contributed by atoms with Gasteiger partial charge in [-0.05, 0) is 43.2 Å². The average Bonchev–Trinajstić information content (AvgIpc) is 3.54. The van der Waals surface area contributed by atoms with Gasteiger partial charge in [0.25, 0.3) is 0 Å². The number of nitrogens with one attached hydrogen (secondary N) is 1. The Morgan fingerprint density at radius 2 is 1.84 bits per heavy atom. The fourth-order valence-corrected chi connectivity index (χ4v) is 3.95. The predicted molar refractivity (Wildman–Crippen MR) is 119 cm³/mol. The number of benzene rings is 2. The average molecular weight is 418 g/mol. The fraction of sp³-hybridized carbons (Fsp3) is 0.280. The van der Waals surface area contributed by atoms with Crippen molar-refractivity contribution in [1.82, 2.24) is 4.98 Å². The molecule has 6 heteroatoms. The van der Waals surface area contributed by atoms with Crippen molar-refractivity contribution >= 4 is 11.6 Å². The minimum absolute atomic E-state index is 0.00892. The Kier molecular flexibility index (Phi) is 5.80. The van der Waals surface area contributed by atoms with E-state index in [1.54, 1.807) is 32.5 Å². The molecule has 31 heavy (non-hydrogen) atoms. The highest BCUT2D eigenvalue weighted by Crippen LogP contribution is 2.55. The molecule has 1 aliphatic rings. The summed E-state index contributed by atoms with van der Waals surface area (Å²) in [6.07, 6.45) is 2.42. The van der Waals surface area contributed by atoms with E-state index in [2.05, 4.69) is 22.4 Å². The van der Waals surface area contributed by atoms with Gasteiger partial charge >= 0.3 is 0 Å². The van der Waals surface area contributed by atoms with E-state index in [1.165, 1.54) is 0 Å². The number of aryl methyl sites for hydroxylation is 1. The van der Waals surface area contributed by atoms with Crippen molar-refractivity contribution in [2.75, 3.05) is 26.1 Å². The van der Waals surface area contributed by atoms with Crippen LogP contribution in [0.15, 0.2) is 66.9 Å². The topological polar surface area (TPSA) is 69.7 Å². The van der Waals surface area contributed by atoms with E-state index in [1.807, 2.05) is 43.3 Å². The number of ether oxygens (including phenoxy) is 3. The summed E-state index contributed by atoms with van der Waals surface area (Å²) in [5.41, 5.74) is 2.34. The van der Waals surface area contributed by atoms with Gasteiger partial charge in [-0.3, -0.25) is 9.78 Å². The molecule has 2 unspecified atom stereocenters. The number of carbonyl (C=O) groups is 1. The van der Waals surface area contributed by atoms with Crippen molar-refractivity contribution in [3.05, 3.63) is 78.1 Å². The molecule has 0 radical (unpaired) electrons. The molecule has 1 aromatic heterocycles. The van der Waals surface area contributed by atoms with Crippen LogP contribution in [0, 0.1) is 12.8 Å². The Labute approximate surface area is 182 Å². The summed E-state index contributed by atoms with van der Waals surface area (Å²) in [6.45, 7) is 2.29. The third kappa shape index (κ3) is 4.33. The van der Waals surface area contributed by atoms with Gasteiger partial charge in [-0.15, -0.1) is 0 Å². The summed E-state index contributed by atoms with van der Waals surface area (Å²) in [5.74, 6) is 1.73. The highest BCUT2D eigenvalue weighted by atomic mass is 16.5. The summed E-state index contributed by atoms with van der Waals surface area (Å²) in [5, 5.41) is 3.03. The first-order valence-corrected chi connectivity index (χ1v) is 10.2. The minimum Gasteiger partial charge on any atom is -0.493 e. The number of hydrogen-bond donors (Lipinski definition) is 1. The van der Waals surface area contributed by atoms with E-state index in [9.17, 15) is 4.79 Å². The summed E-state index contributed by atoms with van der Waals surface area (Å²) in [7, 11) is 3.19. The number of hydrogen-bond acceptors (Lipinski definition) is 5. The first-order chi connectivity index (χ1) is 15.1. The summed E-state index contributed by atoms with van der Waals surface area (Å²) >= 11 is 0. The lowest BCUT2D eigenvalue weighted by molar-refractivity contribution is -0.117. The van der Waals surface area contributed by atoms with Gasteiger partial charge in [0.05, 0.1) is 26.7 Å². The van der Waals surface area contributed by atoms with Crippen LogP contribution in [-0.4, -0.2) is 31.7 Å². The molecule has 0 bridgehead atoms. The molecule has 1 saturated carbocycles. The zero-order valence-electron chi connectivity index (χ0n) is 17.9. The molecule has 1 N–H and O–H groups in total. The van der Waals surface area contributed by atoms with Crippen LogP contribution < -0.4 is 19.5 Å². The van der Waals surface area contributed by atoms with Crippen LogP contribution in [-0.2, 0) is 10.2 Å². The van der Waals surface area contributed by atoms with Gasteiger partial charge in [-0.25, -0.2) is 0 Å². The molecule has 2 atom stereocenters. The van der Waals surface area contributed by atoms with E-state index < -0.39 is 0 Å². The van der Waals surface area contributed by atoms with Crippen LogP contribution in [0.1, 0.15) is 17.7 Å². The third-order valence-electron chi connectivity index (χ3n) is 5.76. The fourth-order valence-electron chi connectivity index (χ4n) is 3.95. The number of amides is 1. The van der Waals surface area contributed by atoms with Crippen LogP contribution in [0.25, 0.3) is 0 Å². The molecule has 0 spiro atoms. The number of methoxy groups -OCH3 is 2. The molecule has 4 rings (SSSR count). The second-order valence-corrected chi connectivity index (χ2v) is 7.76. The molecule has 1 fully saturated rings. The van der Waals surface area contributed by atoms with Crippen molar-refractivity contribution in [1.29, 1.82) is 0 Å². The van der Waals surface area contributed by atoms with E-state index in [-0.39, 0.29) is 17.2 Å². The van der Waals surface area contributed by atoms with Crippen molar-refractivity contribution in [2.24, 2.45) is 5.92 Å². The summed E-state index contributed by atoms with van der Waals surface area (Å²) < 4.78 is 16.8. The highest BCUT2D eigenvalue weighted by Gasteiger charge is 2.60. The summed E-state index contributed by atoms with van der Waals surface area (Å²) in [6, 6.07) is 19.2. The quantitative estimate of drug-likeness (QED) is 0.588. The SMILES string of the molecule is COc1ccc(OCC2(c3ccccc3)CC2C(=O)Nc2ccnc(C)c2)cc1OC. The van der Waals surface area contributed by atoms with Crippen LogP contribution in [0.5, 0.6) is 17.2 Å². The van der Waals surface area contributed by atoms with E-state index in [0.29, 0.717) is 23.9 Å². The molecule has 0 saturated heterocycles. The van der Waals surface area contributed by atoms with Crippen LogP contribution >= 0.6 is 0 Å². The highest BCUT2D eigenvalue weighted by molar-refractivity contribution is 5.96. The van der Waals surface area contributed by atoms with Gasteiger partial charge in [0.2, 0.25) is 5.91 Å². The lowest BCUT2D eigenvalue weighted by Crippen LogP contribution is -2.26. The van der Waals surface area contributed by atoms with E-state index >= 15 is 0 Å². The zero-order chi connectivity index (χ0) is 21.8. The van der Waals surface area contributed by atoms with E-state index in [0.717, 1.165) is 23.4 Å². The largest absolute Gasteiger partial charge is 0.493 e. The normalized spacial score (nSPS) is 19.4. The first kappa shape index (κ1) is 20.7. The number of pyridine rings is 1. The third-order valence-corrected chi connectivity index (χ3v) is 5.76. The summed E-state index contributed by atoms with van der Waals surface area (Å²) in [4.78, 5) is 17.2. The molecular formula is C25H26N2O4. The van der Waals surface area contributed by atoms with Gasteiger partial charge in [-0.2, -0.15) is 0 Å². The number of rotatable bonds is 8. The van der Waals surface area contributed by atoms with Crippen molar-refractivity contribution in [2.45, 2.75) is 18.8 Å². The number of nitrogens with zero attached hydrogens (tertiary/aromatic N) is 1. The molecule has 0 aliphatic heterocycles. The molecule has 6 nitrogen and oxygen atoms in total. The Morgan fingerprint density at radius 3 is 2.55 bits per heavy atom. The van der Waals surface area contributed by atoms with Gasteiger partial charge in [0.1, 0.15) is 5.75 Å². The van der Waals surface area contributed by atoms with Crippen LogP contribution in [0.4, 0.5) is 5.69 Å². The van der Waals surface area contributed by atoms with Crippen LogP contribution in [0.3, 0.4) is 0 Å². The number of aromatic nitrogens is 1. The maximum atomic E-state index is 13.0. The van der Waals surface area contributed by atoms with Gasteiger partial charge in [-0.1, -0.05) is 30.3 Å². The maximum absolute atomic E-state index is 13.0. The molecule has 1 aliphatic carbocycles. The van der Waals surface area contributed by atoms with Crippen molar-refractivity contribution in [3.8, 4) is 17.2 Å².